The molecule has 43 heavy (non-hydrogen) atoms. The van der Waals surface area contributed by atoms with E-state index in [1.54, 1.807) is 36.1 Å². The van der Waals surface area contributed by atoms with Gasteiger partial charge in [-0.1, -0.05) is 110 Å². The molecule has 8 heteroatoms. The average Bonchev–Trinajstić information content (AvgIpc) is 3.03. The summed E-state index contributed by atoms with van der Waals surface area (Å²) in [6.07, 6.45) is 1.67. The van der Waals surface area contributed by atoms with E-state index >= 15 is 0 Å². The van der Waals surface area contributed by atoms with Crippen molar-refractivity contribution in [3.63, 3.8) is 0 Å². The number of carbonyl (C=O) groups excluding carboxylic acids is 2. The van der Waals surface area contributed by atoms with Crippen LogP contribution in [0.3, 0.4) is 0 Å². The lowest BCUT2D eigenvalue weighted by Gasteiger charge is -2.31. The molecule has 7 nitrogen and oxygen atoms in total. The van der Waals surface area contributed by atoms with Crippen molar-refractivity contribution in [2.75, 3.05) is 13.1 Å². The van der Waals surface area contributed by atoms with Crippen LogP contribution in [-0.4, -0.2) is 44.3 Å². The van der Waals surface area contributed by atoms with Gasteiger partial charge in [-0.3, -0.25) is 9.59 Å². The van der Waals surface area contributed by atoms with Gasteiger partial charge in [0.15, 0.2) is 0 Å². The second-order valence-electron chi connectivity index (χ2n) is 10.4. The van der Waals surface area contributed by atoms with Gasteiger partial charge in [0, 0.05) is 32.5 Å². The molecule has 2 amide bonds. The summed E-state index contributed by atoms with van der Waals surface area (Å²) in [6, 6.07) is 35.3. The SMILES string of the molecule is CCNS(=O)(=O)c1ccc(CCC(=O)N(Cc2ccccc2)[C@@H](Cc2ccccc2)C(=O)NCCc2ccccc2)cc1. The zero-order valence-electron chi connectivity index (χ0n) is 24.5. The van der Waals surface area contributed by atoms with Crippen LogP contribution in [0, 0.1) is 0 Å². The Labute approximate surface area is 255 Å². The molecule has 0 unspecified atom stereocenters. The van der Waals surface area contributed by atoms with E-state index in [4.69, 9.17) is 0 Å². The molecule has 0 aliphatic rings. The average molecular weight is 598 g/mol. The molecule has 0 radical (unpaired) electrons. The van der Waals surface area contributed by atoms with Crippen LogP contribution in [0.4, 0.5) is 0 Å². The lowest BCUT2D eigenvalue weighted by molar-refractivity contribution is -0.141. The van der Waals surface area contributed by atoms with E-state index in [2.05, 4.69) is 10.0 Å². The fourth-order valence-corrected chi connectivity index (χ4v) is 5.97. The number of amides is 2. The summed E-state index contributed by atoms with van der Waals surface area (Å²) in [5.41, 5.74) is 3.87. The highest BCUT2D eigenvalue weighted by atomic mass is 32.2. The van der Waals surface area contributed by atoms with Gasteiger partial charge in [-0.15, -0.1) is 0 Å². The van der Waals surface area contributed by atoms with Crippen LogP contribution in [-0.2, 0) is 45.4 Å². The first-order chi connectivity index (χ1) is 20.9. The minimum Gasteiger partial charge on any atom is -0.354 e. The van der Waals surface area contributed by atoms with Crippen molar-refractivity contribution >= 4 is 21.8 Å². The van der Waals surface area contributed by atoms with Gasteiger partial charge in [0.25, 0.3) is 0 Å². The second kappa shape index (κ2) is 15.8. The Morgan fingerprint density at radius 1 is 0.698 bits per heavy atom. The Morgan fingerprint density at radius 2 is 1.23 bits per heavy atom. The maximum Gasteiger partial charge on any atom is 0.243 e. The molecule has 0 aromatic heterocycles. The monoisotopic (exact) mass is 597 g/mol. The first kappa shape index (κ1) is 31.7. The largest absolute Gasteiger partial charge is 0.354 e. The van der Waals surface area contributed by atoms with E-state index in [0.29, 0.717) is 38.9 Å². The van der Waals surface area contributed by atoms with Crippen molar-refractivity contribution in [1.82, 2.24) is 14.9 Å². The van der Waals surface area contributed by atoms with E-state index in [0.717, 1.165) is 22.3 Å². The molecule has 4 aromatic rings. The molecular formula is C35H39N3O4S. The van der Waals surface area contributed by atoms with Crippen LogP contribution < -0.4 is 10.0 Å². The van der Waals surface area contributed by atoms with Gasteiger partial charge in [0.1, 0.15) is 6.04 Å². The highest BCUT2D eigenvalue weighted by molar-refractivity contribution is 7.89. The zero-order valence-corrected chi connectivity index (χ0v) is 25.3. The second-order valence-corrected chi connectivity index (χ2v) is 12.2. The van der Waals surface area contributed by atoms with E-state index in [1.165, 1.54) is 0 Å². The van der Waals surface area contributed by atoms with Gasteiger partial charge in [-0.2, -0.15) is 0 Å². The molecule has 0 spiro atoms. The minimum absolute atomic E-state index is 0.146. The number of carbonyl (C=O) groups is 2. The molecule has 224 valence electrons. The third kappa shape index (κ3) is 9.63. The van der Waals surface area contributed by atoms with E-state index in [-0.39, 0.29) is 23.1 Å². The van der Waals surface area contributed by atoms with Crippen LogP contribution in [0.25, 0.3) is 0 Å². The lowest BCUT2D eigenvalue weighted by atomic mass is 10.0. The molecule has 4 rings (SSSR count). The van der Waals surface area contributed by atoms with Gasteiger partial charge < -0.3 is 10.2 Å². The first-order valence-electron chi connectivity index (χ1n) is 14.6. The molecule has 4 aromatic carbocycles. The van der Waals surface area contributed by atoms with Crippen LogP contribution in [0.1, 0.15) is 35.6 Å². The van der Waals surface area contributed by atoms with Gasteiger partial charge in [-0.25, -0.2) is 13.1 Å². The topological polar surface area (TPSA) is 95.6 Å². The molecule has 0 saturated heterocycles. The number of hydrogen-bond acceptors (Lipinski definition) is 4. The quantitative estimate of drug-likeness (QED) is 0.204. The molecule has 0 saturated carbocycles. The zero-order chi connectivity index (χ0) is 30.5. The standard InChI is InChI=1S/C35H39N3O4S/c1-2-37-43(41,42)32-21-18-29(19-22-32)20-23-34(39)38(27-31-16-10-5-11-17-31)33(26-30-14-8-4-9-15-30)35(40)36-25-24-28-12-6-3-7-13-28/h3-19,21-22,33,37H,2,20,23-27H2,1H3,(H,36,40)/t33-/m0/s1. The van der Waals surface area contributed by atoms with Gasteiger partial charge >= 0.3 is 0 Å². The Hall–Kier alpha value is -4.27. The molecule has 0 bridgehead atoms. The summed E-state index contributed by atoms with van der Waals surface area (Å²) in [5.74, 6) is -0.339. The number of nitrogens with one attached hydrogen (secondary N) is 2. The maximum absolute atomic E-state index is 13.9. The van der Waals surface area contributed by atoms with Crippen molar-refractivity contribution < 1.29 is 18.0 Å². The highest BCUT2D eigenvalue weighted by Crippen LogP contribution is 2.18. The number of sulfonamides is 1. The smallest absolute Gasteiger partial charge is 0.243 e. The fraction of sp³-hybridized carbons (Fsp3) is 0.257. The normalized spacial score (nSPS) is 11.9. The molecule has 0 heterocycles. The summed E-state index contributed by atoms with van der Waals surface area (Å²) in [7, 11) is -3.55. The van der Waals surface area contributed by atoms with Gasteiger partial charge in [0.05, 0.1) is 4.90 Å². The number of aryl methyl sites for hydroxylation is 1. The maximum atomic E-state index is 13.9. The Bertz CT molecular complexity index is 1550. The van der Waals surface area contributed by atoms with Gasteiger partial charge in [0.2, 0.25) is 21.8 Å². The van der Waals surface area contributed by atoms with E-state index < -0.39 is 16.1 Å². The Morgan fingerprint density at radius 3 is 1.81 bits per heavy atom. The predicted molar refractivity (Wildman–Crippen MR) is 170 cm³/mol. The van der Waals surface area contributed by atoms with Crippen LogP contribution in [0.15, 0.2) is 120 Å². The Balaban J connectivity index is 1.54. The molecule has 0 aliphatic heterocycles. The lowest BCUT2D eigenvalue weighted by Crippen LogP contribution is -2.50. The third-order valence-electron chi connectivity index (χ3n) is 7.22. The molecule has 0 aliphatic carbocycles. The molecule has 0 fully saturated rings. The summed E-state index contributed by atoms with van der Waals surface area (Å²) < 4.78 is 27.1. The van der Waals surface area contributed by atoms with Gasteiger partial charge in [-0.05, 0) is 47.2 Å². The number of benzene rings is 4. The number of hydrogen-bond donors (Lipinski definition) is 2. The summed E-state index contributed by atoms with van der Waals surface area (Å²) in [4.78, 5) is 29.5. The number of rotatable bonds is 15. The van der Waals surface area contributed by atoms with Crippen molar-refractivity contribution in [1.29, 1.82) is 0 Å². The number of nitrogens with zero attached hydrogens (tertiary/aromatic N) is 1. The van der Waals surface area contributed by atoms with E-state index in [9.17, 15) is 18.0 Å². The van der Waals surface area contributed by atoms with Crippen molar-refractivity contribution in [3.8, 4) is 0 Å². The van der Waals surface area contributed by atoms with Crippen LogP contribution in [0.5, 0.6) is 0 Å². The minimum atomic E-state index is -3.55. The van der Waals surface area contributed by atoms with Crippen LogP contribution >= 0.6 is 0 Å². The highest BCUT2D eigenvalue weighted by Gasteiger charge is 2.30. The third-order valence-corrected chi connectivity index (χ3v) is 8.78. The van der Waals surface area contributed by atoms with E-state index in [1.807, 2.05) is 91.0 Å². The predicted octanol–water partition coefficient (Wildman–Crippen LogP) is 4.92. The van der Waals surface area contributed by atoms with Crippen molar-refractivity contribution in [2.24, 2.45) is 0 Å². The first-order valence-corrected chi connectivity index (χ1v) is 16.1. The molecule has 2 N–H and O–H groups in total. The molecule has 1 atom stereocenters. The summed E-state index contributed by atoms with van der Waals surface area (Å²) in [6.45, 7) is 2.79. The van der Waals surface area contributed by atoms with Crippen molar-refractivity contribution in [3.05, 3.63) is 138 Å². The fourth-order valence-electron chi connectivity index (χ4n) is 4.93. The van der Waals surface area contributed by atoms with Crippen molar-refractivity contribution in [2.45, 2.75) is 50.1 Å². The summed E-state index contributed by atoms with van der Waals surface area (Å²) >= 11 is 0. The Kier molecular flexibility index (Phi) is 11.6. The van der Waals surface area contributed by atoms with Crippen LogP contribution in [0.2, 0.25) is 0 Å². The summed E-state index contributed by atoms with van der Waals surface area (Å²) in [5, 5.41) is 3.08. The molecular weight excluding hydrogens is 558 g/mol.